The molecule has 0 radical (unpaired) electrons. The summed E-state index contributed by atoms with van der Waals surface area (Å²) in [6.07, 6.45) is -0.528. The molecule has 12 nitrogen and oxygen atoms in total. The van der Waals surface area contributed by atoms with Crippen LogP contribution in [0.1, 0.15) is 36.7 Å². The zero-order valence-corrected chi connectivity index (χ0v) is 22.9. The average molecular weight is 572 g/mol. The second-order valence-electron chi connectivity index (χ2n) is 10.2. The van der Waals surface area contributed by atoms with Gasteiger partial charge in [0.25, 0.3) is 11.5 Å². The first-order chi connectivity index (χ1) is 20.1. The number of carbonyl (C=O) groups excluding carboxylic acids is 3. The minimum absolute atomic E-state index is 0.195. The van der Waals surface area contributed by atoms with Crippen molar-refractivity contribution in [1.82, 2.24) is 14.5 Å². The maximum Gasteiger partial charge on any atom is 0.331 e. The lowest BCUT2D eigenvalue weighted by molar-refractivity contribution is -0.155. The Bertz CT molecular complexity index is 1790. The van der Waals surface area contributed by atoms with Crippen LogP contribution in [0.5, 0.6) is 0 Å². The monoisotopic (exact) mass is 571 g/mol. The number of nitrogens with one attached hydrogen (secondary N) is 3. The van der Waals surface area contributed by atoms with Crippen LogP contribution in [0.2, 0.25) is 0 Å². The molecule has 0 spiro atoms. The van der Waals surface area contributed by atoms with Crippen molar-refractivity contribution in [3.05, 3.63) is 99.3 Å². The number of ether oxygens (including phenoxy) is 1. The van der Waals surface area contributed by atoms with E-state index >= 15 is 0 Å². The maximum atomic E-state index is 13.2. The third-order valence-corrected chi connectivity index (χ3v) is 6.82. The molecular weight excluding hydrogens is 542 g/mol. The number of aliphatic hydroxyl groups excluding tert-OH is 1. The largest absolute Gasteiger partial charge is 0.434 e. The Morgan fingerprint density at radius 2 is 1.67 bits per heavy atom. The number of hydrogen-bond acceptors (Lipinski definition) is 8. The van der Waals surface area contributed by atoms with Crippen molar-refractivity contribution in [2.24, 2.45) is 0 Å². The predicted molar refractivity (Wildman–Crippen MR) is 156 cm³/mol. The van der Waals surface area contributed by atoms with E-state index in [2.05, 4.69) is 20.7 Å². The van der Waals surface area contributed by atoms with Gasteiger partial charge in [0.15, 0.2) is 0 Å². The number of esters is 1. The third-order valence-electron chi connectivity index (χ3n) is 6.82. The highest BCUT2D eigenvalue weighted by molar-refractivity contribution is 6.04. The fourth-order valence-corrected chi connectivity index (χ4v) is 4.61. The summed E-state index contributed by atoms with van der Waals surface area (Å²) in [6, 6.07) is 19.2. The molecule has 1 aliphatic rings. The van der Waals surface area contributed by atoms with Crippen LogP contribution in [0.3, 0.4) is 0 Å². The third kappa shape index (κ3) is 6.08. The molecule has 5 rings (SSSR count). The molecule has 216 valence electrons. The summed E-state index contributed by atoms with van der Waals surface area (Å²) < 4.78 is 6.50. The molecule has 2 atom stereocenters. The van der Waals surface area contributed by atoms with E-state index in [1.165, 1.54) is 10.8 Å². The molecule has 4 aromatic rings. The first-order valence-electron chi connectivity index (χ1n) is 13.3. The van der Waals surface area contributed by atoms with Gasteiger partial charge in [-0.2, -0.15) is 0 Å². The number of carbonyl (C=O) groups is 3. The highest BCUT2D eigenvalue weighted by Gasteiger charge is 2.34. The van der Waals surface area contributed by atoms with Gasteiger partial charge in [0.1, 0.15) is 18.3 Å². The van der Waals surface area contributed by atoms with Crippen molar-refractivity contribution in [1.29, 1.82) is 0 Å². The Labute approximate surface area is 239 Å². The van der Waals surface area contributed by atoms with E-state index in [9.17, 15) is 29.1 Å². The van der Waals surface area contributed by atoms with E-state index < -0.39 is 54.0 Å². The summed E-state index contributed by atoms with van der Waals surface area (Å²) in [6.45, 7) is 2.72. The number of aliphatic hydroxyl groups is 1. The van der Waals surface area contributed by atoms with Crippen LogP contribution >= 0.6 is 0 Å². The molecule has 0 bridgehead atoms. The highest BCUT2D eigenvalue weighted by atomic mass is 16.6. The Morgan fingerprint density at radius 3 is 2.33 bits per heavy atom. The Balaban J connectivity index is 1.32. The van der Waals surface area contributed by atoms with Crippen molar-refractivity contribution in [2.75, 3.05) is 10.6 Å². The molecule has 1 aliphatic heterocycles. The molecule has 1 aromatic heterocycles. The number of cyclic esters (lactones) is 1. The summed E-state index contributed by atoms with van der Waals surface area (Å²) in [5.41, 5.74) is 0.0701. The number of amides is 2. The maximum absolute atomic E-state index is 13.2. The van der Waals surface area contributed by atoms with Crippen LogP contribution in [0.25, 0.3) is 10.8 Å². The van der Waals surface area contributed by atoms with Crippen LogP contribution in [0.15, 0.2) is 82.5 Å². The lowest BCUT2D eigenvalue weighted by Gasteiger charge is -2.17. The molecule has 0 aliphatic carbocycles. The topological polar surface area (TPSA) is 161 Å². The van der Waals surface area contributed by atoms with E-state index in [0.717, 1.165) is 22.1 Å². The van der Waals surface area contributed by atoms with Gasteiger partial charge in [-0.1, -0.05) is 30.3 Å². The van der Waals surface area contributed by atoms with Crippen LogP contribution in [-0.2, 0) is 20.9 Å². The molecular formula is C30H29N5O7. The predicted octanol–water partition coefficient (Wildman–Crippen LogP) is 2.49. The Hall–Kier alpha value is -5.23. The summed E-state index contributed by atoms with van der Waals surface area (Å²) in [5, 5.41) is 20.2. The lowest BCUT2D eigenvalue weighted by Crippen LogP contribution is -2.47. The fourth-order valence-electron chi connectivity index (χ4n) is 4.61. The van der Waals surface area contributed by atoms with Gasteiger partial charge in [-0.25, -0.2) is 9.36 Å². The Kier molecular flexibility index (Phi) is 7.89. The fraction of sp³-hybridized carbons (Fsp3) is 0.233. The van der Waals surface area contributed by atoms with Gasteiger partial charge in [0.2, 0.25) is 12.2 Å². The quantitative estimate of drug-likeness (QED) is 0.235. The minimum atomic E-state index is -1.52. The van der Waals surface area contributed by atoms with E-state index in [4.69, 9.17) is 0 Å². The molecule has 2 heterocycles. The number of aromatic nitrogens is 2. The molecule has 0 saturated carbocycles. The first kappa shape index (κ1) is 28.3. The second-order valence-corrected chi connectivity index (χ2v) is 10.2. The van der Waals surface area contributed by atoms with Crippen LogP contribution in [-0.4, -0.2) is 44.4 Å². The number of benzene rings is 3. The number of hydrogen-bond donors (Lipinski definition) is 4. The SMILES string of the molecule is CC(C)n1cc(NC(=O)c2ccc(Nc3ccc4ccccc4c3)cc2)c(=O)n(CC(=O)N[C@H]2CC(=O)OC2O)c1=O. The van der Waals surface area contributed by atoms with Crippen molar-refractivity contribution >= 4 is 45.6 Å². The second kappa shape index (κ2) is 11.7. The molecule has 1 saturated heterocycles. The molecule has 3 aromatic carbocycles. The average Bonchev–Trinajstić information content (AvgIpc) is 3.28. The summed E-state index contributed by atoms with van der Waals surface area (Å²) >= 11 is 0. The van der Waals surface area contributed by atoms with Crippen molar-refractivity contribution in [2.45, 2.75) is 45.2 Å². The van der Waals surface area contributed by atoms with Gasteiger partial charge >= 0.3 is 11.7 Å². The van der Waals surface area contributed by atoms with Crippen LogP contribution < -0.4 is 27.2 Å². The lowest BCUT2D eigenvalue weighted by atomic mass is 10.1. The van der Waals surface area contributed by atoms with E-state index in [1.54, 1.807) is 38.1 Å². The van der Waals surface area contributed by atoms with E-state index in [-0.39, 0.29) is 17.7 Å². The Morgan fingerprint density at radius 1 is 0.976 bits per heavy atom. The molecule has 2 amide bonds. The van der Waals surface area contributed by atoms with E-state index in [0.29, 0.717) is 4.57 Å². The highest BCUT2D eigenvalue weighted by Crippen LogP contribution is 2.23. The summed E-state index contributed by atoms with van der Waals surface area (Å²) in [7, 11) is 0. The number of nitrogens with zero attached hydrogens (tertiary/aromatic N) is 2. The standard InChI is InChI=1S/C30H29N5O7/c1-17(2)34-15-24(28(39)35(30(34)41)16-25(36)32-23-14-26(37)42-29(23)40)33-27(38)19-8-10-21(11-9-19)31-22-12-7-18-5-3-4-6-20(18)13-22/h3-13,15,17,23,29,31,40H,14,16H2,1-2H3,(H,32,36)(H,33,38)/t23-,29?/m0/s1. The molecule has 4 N–H and O–H groups in total. The van der Waals surface area contributed by atoms with Crippen LogP contribution in [0.4, 0.5) is 17.1 Å². The number of anilines is 3. The van der Waals surface area contributed by atoms with Crippen molar-refractivity contribution < 1.29 is 24.2 Å². The van der Waals surface area contributed by atoms with Gasteiger partial charge in [0, 0.05) is 29.2 Å². The summed E-state index contributed by atoms with van der Waals surface area (Å²) in [5.74, 6) is -2.06. The zero-order chi connectivity index (χ0) is 30.0. The van der Waals surface area contributed by atoms with Crippen LogP contribution in [0, 0.1) is 0 Å². The van der Waals surface area contributed by atoms with Gasteiger partial charge in [-0.05, 0) is 61.0 Å². The van der Waals surface area contributed by atoms with Crippen molar-refractivity contribution in [3.63, 3.8) is 0 Å². The number of fused-ring (bicyclic) bond motifs is 1. The van der Waals surface area contributed by atoms with Gasteiger partial charge in [0.05, 0.1) is 6.42 Å². The number of rotatable bonds is 8. The van der Waals surface area contributed by atoms with Crippen molar-refractivity contribution in [3.8, 4) is 0 Å². The smallest absolute Gasteiger partial charge is 0.331 e. The van der Waals surface area contributed by atoms with Gasteiger partial charge in [-0.3, -0.25) is 23.7 Å². The molecule has 12 heteroatoms. The molecule has 1 unspecified atom stereocenters. The van der Waals surface area contributed by atoms with Gasteiger partial charge < -0.3 is 25.8 Å². The van der Waals surface area contributed by atoms with Gasteiger partial charge in [-0.15, -0.1) is 0 Å². The first-order valence-corrected chi connectivity index (χ1v) is 13.3. The molecule has 42 heavy (non-hydrogen) atoms. The zero-order valence-electron chi connectivity index (χ0n) is 22.9. The normalized spacial score (nSPS) is 16.3. The van der Waals surface area contributed by atoms with E-state index in [1.807, 2.05) is 42.5 Å². The minimum Gasteiger partial charge on any atom is -0.434 e. The summed E-state index contributed by atoms with van der Waals surface area (Å²) in [4.78, 5) is 63.2. The molecule has 1 fully saturated rings.